The van der Waals surface area contributed by atoms with Crippen LogP contribution in [-0.4, -0.2) is 31.9 Å². The molecule has 128 valence electrons. The maximum Gasteiger partial charge on any atom is 0.451 e. The zero-order valence-corrected chi connectivity index (χ0v) is 12.9. The Morgan fingerprint density at radius 2 is 1.80 bits per heavy atom. The van der Waals surface area contributed by atoms with Crippen LogP contribution in [0.1, 0.15) is 26.5 Å². The van der Waals surface area contributed by atoms with Crippen LogP contribution in [0, 0.1) is 0 Å². The maximum absolute atomic E-state index is 12.4. The first-order chi connectivity index (χ1) is 11.7. The average molecular weight is 368 g/mol. The number of nitrogens with zero attached hydrogens (tertiary/aromatic N) is 3. The zero-order valence-electron chi connectivity index (χ0n) is 12.0. The van der Waals surface area contributed by atoms with Gasteiger partial charge in [-0.3, -0.25) is 10.1 Å². The van der Waals surface area contributed by atoms with Crippen molar-refractivity contribution in [3.8, 4) is 0 Å². The zero-order chi connectivity index (χ0) is 18.2. The van der Waals surface area contributed by atoms with E-state index in [-0.39, 0.29) is 16.3 Å². The van der Waals surface area contributed by atoms with Crippen molar-refractivity contribution < 1.29 is 27.9 Å². The number of alkyl halides is 3. The van der Waals surface area contributed by atoms with Crippen LogP contribution < -0.4 is 5.32 Å². The summed E-state index contributed by atoms with van der Waals surface area (Å²) in [7, 11) is 0. The third-order valence-electron chi connectivity index (χ3n) is 3.02. The molecule has 0 spiro atoms. The van der Waals surface area contributed by atoms with Gasteiger partial charge < -0.3 is 5.11 Å². The summed E-state index contributed by atoms with van der Waals surface area (Å²) in [5.41, 5.74) is 0.387. The molecule has 0 saturated carbocycles. The van der Waals surface area contributed by atoms with Crippen molar-refractivity contribution in [1.29, 1.82) is 0 Å². The Kier molecular flexibility index (Phi) is 4.08. The van der Waals surface area contributed by atoms with Gasteiger partial charge in [-0.25, -0.2) is 19.7 Å². The summed E-state index contributed by atoms with van der Waals surface area (Å²) in [5, 5.41) is 11.5. The molecule has 7 nitrogen and oxygen atoms in total. The molecule has 2 N–H and O–H groups in total. The van der Waals surface area contributed by atoms with Gasteiger partial charge in [-0.15, -0.1) is 0 Å². The van der Waals surface area contributed by atoms with E-state index in [2.05, 4.69) is 20.3 Å². The first-order valence-corrected chi connectivity index (χ1v) is 7.40. The molecule has 0 bridgehead atoms. The highest BCUT2D eigenvalue weighted by molar-refractivity contribution is 7.22. The summed E-state index contributed by atoms with van der Waals surface area (Å²) in [5.74, 6) is -3.17. The second-order valence-electron chi connectivity index (χ2n) is 4.75. The monoisotopic (exact) mass is 368 g/mol. The van der Waals surface area contributed by atoms with Crippen molar-refractivity contribution in [3.63, 3.8) is 0 Å². The number of thiazole rings is 1. The molecule has 0 aliphatic rings. The van der Waals surface area contributed by atoms with Gasteiger partial charge >= 0.3 is 12.1 Å². The molecule has 2 aromatic heterocycles. The predicted molar refractivity (Wildman–Crippen MR) is 81.6 cm³/mol. The van der Waals surface area contributed by atoms with Crippen molar-refractivity contribution >= 4 is 38.6 Å². The number of hydrogen-bond donors (Lipinski definition) is 2. The van der Waals surface area contributed by atoms with Crippen LogP contribution in [0.4, 0.5) is 18.3 Å². The predicted octanol–water partition coefficient (Wildman–Crippen LogP) is 3.06. The molecule has 0 atom stereocenters. The first-order valence-electron chi connectivity index (χ1n) is 6.58. The number of hydrogen-bond acceptors (Lipinski definition) is 6. The summed E-state index contributed by atoms with van der Waals surface area (Å²) < 4.78 is 37.7. The van der Waals surface area contributed by atoms with Crippen molar-refractivity contribution in [2.24, 2.45) is 0 Å². The Labute approximate surface area is 141 Å². The molecule has 1 amide bonds. The number of fused-ring (bicyclic) bond motifs is 1. The van der Waals surface area contributed by atoms with Crippen LogP contribution in [-0.2, 0) is 6.18 Å². The molecule has 1 aromatic carbocycles. The van der Waals surface area contributed by atoms with Crippen LogP contribution in [0.15, 0.2) is 30.6 Å². The lowest BCUT2D eigenvalue weighted by Gasteiger charge is -2.05. The van der Waals surface area contributed by atoms with E-state index in [4.69, 9.17) is 5.11 Å². The van der Waals surface area contributed by atoms with E-state index in [0.29, 0.717) is 10.2 Å². The number of carbonyl (C=O) groups excluding carboxylic acids is 1. The van der Waals surface area contributed by atoms with Crippen LogP contribution in [0.2, 0.25) is 0 Å². The molecule has 0 radical (unpaired) electrons. The number of rotatable bonds is 3. The summed E-state index contributed by atoms with van der Waals surface area (Å²) in [4.78, 5) is 33.3. The van der Waals surface area contributed by atoms with Gasteiger partial charge in [0.25, 0.3) is 5.91 Å². The number of carboxylic acid groups (broad SMARTS) is 1. The quantitative estimate of drug-likeness (QED) is 0.736. The molecular weight excluding hydrogens is 361 g/mol. The van der Waals surface area contributed by atoms with Crippen LogP contribution in [0.3, 0.4) is 0 Å². The number of aromatic nitrogens is 3. The summed E-state index contributed by atoms with van der Waals surface area (Å²) in [6, 6.07) is 4.28. The molecule has 0 saturated heterocycles. The molecule has 0 aliphatic heterocycles. The van der Waals surface area contributed by atoms with E-state index in [1.165, 1.54) is 18.2 Å². The Morgan fingerprint density at radius 3 is 2.40 bits per heavy atom. The second kappa shape index (κ2) is 6.09. The Balaban J connectivity index is 1.80. The van der Waals surface area contributed by atoms with Gasteiger partial charge in [-0.1, -0.05) is 11.3 Å². The van der Waals surface area contributed by atoms with Gasteiger partial charge in [0.1, 0.15) is 0 Å². The third kappa shape index (κ3) is 3.55. The third-order valence-corrected chi connectivity index (χ3v) is 3.96. The van der Waals surface area contributed by atoms with Crippen LogP contribution in [0.25, 0.3) is 10.2 Å². The SMILES string of the molecule is O=C(O)c1ccc2nc(NC(=O)c3cnc(C(F)(F)F)nc3)sc2c1. The Morgan fingerprint density at radius 1 is 1.12 bits per heavy atom. The van der Waals surface area contributed by atoms with Crippen molar-refractivity contribution in [1.82, 2.24) is 15.0 Å². The smallest absolute Gasteiger partial charge is 0.451 e. The maximum atomic E-state index is 12.4. The van der Waals surface area contributed by atoms with Gasteiger partial charge in [0.2, 0.25) is 5.82 Å². The molecule has 0 aliphatic carbocycles. The standard InChI is InChI=1S/C14H7F3N4O3S/c15-14(16,17)12-18-4-7(5-19-12)10(22)21-13-20-8-2-1-6(11(23)24)3-9(8)25-13/h1-5H,(H,23,24)(H,20,21,22). The van der Waals surface area contributed by atoms with E-state index >= 15 is 0 Å². The summed E-state index contributed by atoms with van der Waals surface area (Å²) >= 11 is 1.03. The van der Waals surface area contributed by atoms with Gasteiger partial charge in [0, 0.05) is 12.4 Å². The minimum atomic E-state index is -4.69. The van der Waals surface area contributed by atoms with Crippen molar-refractivity contribution in [2.45, 2.75) is 6.18 Å². The Hall–Kier alpha value is -3.08. The lowest BCUT2D eigenvalue weighted by molar-refractivity contribution is -0.145. The number of carboxylic acids is 1. The highest BCUT2D eigenvalue weighted by atomic mass is 32.1. The van der Waals surface area contributed by atoms with Crippen molar-refractivity contribution in [3.05, 3.63) is 47.5 Å². The number of halogens is 3. The molecule has 11 heteroatoms. The molecule has 2 heterocycles. The first kappa shape index (κ1) is 16.8. The topological polar surface area (TPSA) is 105 Å². The number of anilines is 1. The van der Waals surface area contributed by atoms with Crippen LogP contribution >= 0.6 is 11.3 Å². The summed E-state index contributed by atoms with van der Waals surface area (Å²) in [6.07, 6.45) is -3.16. The fourth-order valence-corrected chi connectivity index (χ4v) is 2.77. The lowest BCUT2D eigenvalue weighted by atomic mass is 10.2. The number of nitrogens with one attached hydrogen (secondary N) is 1. The largest absolute Gasteiger partial charge is 0.478 e. The minimum absolute atomic E-state index is 0.0742. The lowest BCUT2D eigenvalue weighted by Crippen LogP contribution is -2.15. The molecule has 25 heavy (non-hydrogen) atoms. The average Bonchev–Trinajstić information content (AvgIpc) is 2.95. The summed E-state index contributed by atoms with van der Waals surface area (Å²) in [6.45, 7) is 0. The fourth-order valence-electron chi connectivity index (χ4n) is 1.87. The van der Waals surface area contributed by atoms with E-state index in [9.17, 15) is 22.8 Å². The van der Waals surface area contributed by atoms with Crippen LogP contribution in [0.5, 0.6) is 0 Å². The molecule has 0 unspecified atom stereocenters. The van der Waals surface area contributed by atoms with E-state index in [0.717, 1.165) is 23.7 Å². The van der Waals surface area contributed by atoms with E-state index in [1.54, 1.807) is 0 Å². The Bertz CT molecular complexity index is 970. The number of amides is 1. The number of carbonyl (C=O) groups is 2. The van der Waals surface area contributed by atoms with E-state index < -0.39 is 23.9 Å². The molecule has 3 aromatic rings. The normalized spacial score (nSPS) is 11.5. The fraction of sp³-hybridized carbons (Fsp3) is 0.0714. The van der Waals surface area contributed by atoms with Gasteiger partial charge in [0.15, 0.2) is 5.13 Å². The second-order valence-corrected chi connectivity index (χ2v) is 5.78. The van der Waals surface area contributed by atoms with Crippen molar-refractivity contribution in [2.75, 3.05) is 5.32 Å². The van der Waals surface area contributed by atoms with E-state index in [1.807, 2.05) is 0 Å². The molecular formula is C14H7F3N4O3S. The highest BCUT2D eigenvalue weighted by Gasteiger charge is 2.34. The number of benzene rings is 1. The van der Waals surface area contributed by atoms with Gasteiger partial charge in [-0.05, 0) is 18.2 Å². The number of aromatic carboxylic acids is 1. The molecule has 3 rings (SSSR count). The highest BCUT2D eigenvalue weighted by Crippen LogP contribution is 2.28. The minimum Gasteiger partial charge on any atom is -0.478 e. The van der Waals surface area contributed by atoms with Gasteiger partial charge in [0.05, 0.1) is 21.3 Å². The van der Waals surface area contributed by atoms with Gasteiger partial charge in [-0.2, -0.15) is 13.2 Å². The molecule has 0 fully saturated rings.